The number of carbonyl (C=O) groups excluding carboxylic acids is 2. The van der Waals surface area contributed by atoms with Gasteiger partial charge in [0.25, 0.3) is 5.92 Å². The summed E-state index contributed by atoms with van der Waals surface area (Å²) in [6, 6.07) is 20.5. The average Bonchev–Trinajstić information content (AvgIpc) is 3.34. The predicted octanol–water partition coefficient (Wildman–Crippen LogP) is 9.18. The number of hydrogen-bond acceptors (Lipinski definition) is 7. The first-order valence-electron chi connectivity index (χ1n) is 16.7. The number of hydrogen-bond donors (Lipinski definition) is 0. The van der Waals surface area contributed by atoms with E-state index < -0.39 is 17.9 Å². The van der Waals surface area contributed by atoms with Gasteiger partial charge in [0.15, 0.2) is 5.69 Å². The number of ether oxygens (including phenoxy) is 5. The van der Waals surface area contributed by atoms with Crippen molar-refractivity contribution in [3.05, 3.63) is 119 Å². The van der Waals surface area contributed by atoms with E-state index in [2.05, 4.69) is 11.8 Å². The van der Waals surface area contributed by atoms with E-state index in [0.717, 1.165) is 70.7 Å². The quantitative estimate of drug-likeness (QED) is 0.0536. The Labute approximate surface area is 289 Å². The largest absolute Gasteiger partial charge is 0.494 e. The molecule has 4 aromatic carbocycles. The second kappa shape index (κ2) is 15.2. The van der Waals surface area contributed by atoms with E-state index in [1.165, 1.54) is 48.5 Å². The Morgan fingerprint density at radius 3 is 1.98 bits per heavy atom. The highest BCUT2D eigenvalue weighted by Gasteiger charge is 2.45. The van der Waals surface area contributed by atoms with Crippen molar-refractivity contribution in [2.45, 2.75) is 45.0 Å². The molecule has 1 aliphatic carbocycles. The van der Waals surface area contributed by atoms with E-state index in [4.69, 9.17) is 30.3 Å². The number of rotatable bonds is 15. The highest BCUT2D eigenvalue weighted by Crippen LogP contribution is 2.52. The fourth-order valence-electron chi connectivity index (χ4n) is 5.92. The summed E-state index contributed by atoms with van der Waals surface area (Å²) in [6.07, 6.45) is 5.06. The first-order chi connectivity index (χ1) is 24.2. The van der Waals surface area contributed by atoms with E-state index in [9.17, 15) is 9.59 Å². The van der Waals surface area contributed by atoms with Crippen LogP contribution in [0.2, 0.25) is 0 Å². The van der Waals surface area contributed by atoms with E-state index in [1.807, 2.05) is 0 Å². The van der Waals surface area contributed by atoms with Gasteiger partial charge in [0.1, 0.15) is 17.2 Å². The summed E-state index contributed by atoms with van der Waals surface area (Å²) in [5.74, 6) is -4.17. The summed E-state index contributed by atoms with van der Waals surface area (Å²) < 4.78 is 59.2. The van der Waals surface area contributed by atoms with Gasteiger partial charge in [-0.1, -0.05) is 37.6 Å². The molecular formula is C40H37F2NO7. The molecule has 1 fully saturated rings. The molecule has 1 aliphatic heterocycles. The van der Waals surface area contributed by atoms with Gasteiger partial charge in [0.05, 0.1) is 44.1 Å². The normalized spacial score (nSPS) is 14.8. The molecule has 10 heteroatoms. The van der Waals surface area contributed by atoms with Crippen molar-refractivity contribution in [3.8, 4) is 28.4 Å². The summed E-state index contributed by atoms with van der Waals surface area (Å²) >= 11 is 0. The monoisotopic (exact) mass is 681 g/mol. The van der Waals surface area contributed by atoms with E-state index in [-0.39, 0.29) is 50.3 Å². The van der Waals surface area contributed by atoms with Crippen LogP contribution >= 0.6 is 0 Å². The molecule has 4 aromatic rings. The van der Waals surface area contributed by atoms with E-state index in [0.29, 0.717) is 18.0 Å². The molecule has 8 nitrogen and oxygen atoms in total. The van der Waals surface area contributed by atoms with Gasteiger partial charge in [0, 0.05) is 23.1 Å². The van der Waals surface area contributed by atoms with Crippen LogP contribution < -0.4 is 14.2 Å². The highest BCUT2D eigenvalue weighted by molar-refractivity contribution is 5.94. The van der Waals surface area contributed by atoms with Gasteiger partial charge in [-0.25, -0.2) is 14.4 Å². The number of benzene rings is 4. The standard InChI is InChI=1S/C40H37F2NO7/c1-3-39(25-47-26-39)24-46-20-6-4-5-7-21-48-30-13-8-27(9-14-30)37(44)50-32-17-19-34-33-18-10-28(22-35(33)40(41,42)36(34)23-32)38(45)49-31-15-11-29(43-2)12-16-31/h8-19,22-23H,3-7,20-21,24-26H2,1H3. The van der Waals surface area contributed by atoms with Crippen LogP contribution in [-0.2, 0) is 15.4 Å². The molecule has 50 heavy (non-hydrogen) atoms. The lowest BCUT2D eigenvalue weighted by atomic mass is 9.84. The first-order valence-corrected chi connectivity index (χ1v) is 16.7. The van der Waals surface area contributed by atoms with E-state index in [1.54, 1.807) is 24.3 Å². The maximum absolute atomic E-state index is 15.7. The van der Waals surface area contributed by atoms with Crippen LogP contribution in [0.4, 0.5) is 14.5 Å². The Morgan fingerprint density at radius 1 is 0.740 bits per heavy atom. The van der Waals surface area contributed by atoms with Gasteiger partial charge >= 0.3 is 11.9 Å². The summed E-state index contributed by atoms with van der Waals surface area (Å²) in [6.45, 7) is 12.9. The molecule has 0 unspecified atom stereocenters. The molecule has 258 valence electrons. The van der Waals surface area contributed by atoms with Crippen LogP contribution in [0.25, 0.3) is 16.0 Å². The van der Waals surface area contributed by atoms with Crippen LogP contribution in [0.1, 0.15) is 70.9 Å². The van der Waals surface area contributed by atoms with Crippen molar-refractivity contribution in [2.75, 3.05) is 33.0 Å². The Kier molecular flexibility index (Phi) is 10.6. The SMILES string of the molecule is [C-]#[N+]c1ccc(OC(=O)c2ccc3c(c2)C(F)(F)c2cc(OC(=O)c4ccc(OCCCCCCOCC5(CC)COC5)cc4)ccc2-3)cc1. The maximum Gasteiger partial charge on any atom is 0.343 e. The Bertz CT molecular complexity index is 1870. The molecule has 6 rings (SSSR count). The smallest absolute Gasteiger partial charge is 0.343 e. The average molecular weight is 682 g/mol. The first kappa shape index (κ1) is 34.7. The number of unbranched alkanes of at least 4 members (excludes halogenated alkanes) is 3. The van der Waals surface area contributed by atoms with Crippen molar-refractivity contribution >= 4 is 17.6 Å². The van der Waals surface area contributed by atoms with Gasteiger partial charge in [-0.3, -0.25) is 0 Å². The Morgan fingerprint density at radius 2 is 1.32 bits per heavy atom. The van der Waals surface area contributed by atoms with Gasteiger partial charge in [-0.15, -0.1) is 0 Å². The van der Waals surface area contributed by atoms with Crippen LogP contribution in [0.3, 0.4) is 0 Å². The van der Waals surface area contributed by atoms with Crippen molar-refractivity contribution in [2.24, 2.45) is 5.41 Å². The lowest BCUT2D eigenvalue weighted by Crippen LogP contribution is -2.45. The minimum atomic E-state index is -3.45. The van der Waals surface area contributed by atoms with Crippen molar-refractivity contribution < 1.29 is 42.1 Å². The molecule has 1 saturated heterocycles. The molecule has 0 aromatic heterocycles. The van der Waals surface area contributed by atoms with Gasteiger partial charge in [-0.05, 0) is 97.5 Å². The summed E-state index contributed by atoms with van der Waals surface area (Å²) in [4.78, 5) is 28.9. The summed E-state index contributed by atoms with van der Waals surface area (Å²) in [5.41, 5.74) is 0.661. The third-order valence-corrected chi connectivity index (χ3v) is 9.12. The van der Waals surface area contributed by atoms with Crippen molar-refractivity contribution in [3.63, 3.8) is 0 Å². The second-order valence-electron chi connectivity index (χ2n) is 12.6. The highest BCUT2D eigenvalue weighted by atomic mass is 19.3. The van der Waals surface area contributed by atoms with Crippen molar-refractivity contribution in [1.82, 2.24) is 0 Å². The molecule has 0 radical (unpaired) electrons. The van der Waals surface area contributed by atoms with Crippen molar-refractivity contribution in [1.29, 1.82) is 0 Å². The number of fused-ring (bicyclic) bond motifs is 3. The third-order valence-electron chi connectivity index (χ3n) is 9.12. The molecule has 0 amide bonds. The number of nitrogens with zero attached hydrogens (tertiary/aromatic N) is 1. The number of halogens is 2. The lowest BCUT2D eigenvalue weighted by molar-refractivity contribution is -0.150. The zero-order chi connectivity index (χ0) is 35.1. The zero-order valence-electron chi connectivity index (χ0n) is 27.7. The van der Waals surface area contributed by atoms with Gasteiger partial charge in [-0.2, -0.15) is 8.78 Å². The van der Waals surface area contributed by atoms with Gasteiger partial charge in [0.2, 0.25) is 0 Å². The minimum absolute atomic E-state index is 0.0311. The van der Waals surface area contributed by atoms with Crippen LogP contribution in [0.5, 0.6) is 17.2 Å². The number of alkyl halides is 2. The Hall–Kier alpha value is -5.11. The summed E-state index contributed by atoms with van der Waals surface area (Å²) in [7, 11) is 0. The van der Waals surface area contributed by atoms with Crippen LogP contribution in [0.15, 0.2) is 84.9 Å². The topological polar surface area (TPSA) is 84.7 Å². The fraction of sp³-hybridized carbons (Fsp3) is 0.325. The fourth-order valence-corrected chi connectivity index (χ4v) is 5.92. The Balaban J connectivity index is 0.976. The van der Waals surface area contributed by atoms with Crippen LogP contribution in [0, 0.1) is 12.0 Å². The molecular weight excluding hydrogens is 644 g/mol. The second-order valence-corrected chi connectivity index (χ2v) is 12.6. The molecule has 0 saturated carbocycles. The third kappa shape index (κ3) is 7.70. The summed E-state index contributed by atoms with van der Waals surface area (Å²) in [5, 5.41) is 0. The van der Waals surface area contributed by atoms with E-state index >= 15 is 8.78 Å². The minimum Gasteiger partial charge on any atom is -0.494 e. The van der Waals surface area contributed by atoms with Gasteiger partial charge < -0.3 is 23.7 Å². The molecule has 2 aliphatic rings. The van der Waals surface area contributed by atoms with Crippen LogP contribution in [-0.4, -0.2) is 45.0 Å². The number of carbonyl (C=O) groups is 2. The molecule has 0 spiro atoms. The lowest BCUT2D eigenvalue weighted by Gasteiger charge is -2.40. The molecule has 0 atom stereocenters. The maximum atomic E-state index is 15.7. The predicted molar refractivity (Wildman–Crippen MR) is 182 cm³/mol. The number of esters is 2. The molecule has 1 heterocycles. The zero-order valence-corrected chi connectivity index (χ0v) is 27.7. The molecule has 0 bridgehead atoms. The molecule has 0 N–H and O–H groups in total.